The van der Waals surface area contributed by atoms with E-state index in [-0.39, 0.29) is 5.63 Å². The van der Waals surface area contributed by atoms with Gasteiger partial charge in [0.1, 0.15) is 0 Å². The van der Waals surface area contributed by atoms with Crippen LogP contribution in [0, 0.1) is 27.7 Å². The zero-order chi connectivity index (χ0) is 13.0. The highest BCUT2D eigenvalue weighted by Gasteiger charge is 2.14. The molecule has 0 N–H and O–H groups in total. The molecule has 0 aliphatic rings. The number of rotatable bonds is 0. The number of fused-ring (bicyclic) bond motifs is 3. The van der Waals surface area contributed by atoms with Crippen LogP contribution in [0.15, 0.2) is 21.3 Å². The largest absolute Gasteiger partial charge is 0.421 e. The topological polar surface area (TPSA) is 30.2 Å². The molecule has 2 heterocycles. The van der Waals surface area contributed by atoms with Gasteiger partial charge in [-0.3, -0.25) is 0 Å². The zero-order valence-electron chi connectivity index (χ0n) is 10.9. The van der Waals surface area contributed by atoms with Crippen molar-refractivity contribution in [2.75, 3.05) is 0 Å². The number of thiophene rings is 1. The molecule has 3 aromatic rings. The number of hydrogen-bond acceptors (Lipinski definition) is 3. The quantitative estimate of drug-likeness (QED) is 0.564. The fourth-order valence-corrected chi connectivity index (χ4v) is 3.74. The average molecular weight is 258 g/mol. The summed E-state index contributed by atoms with van der Waals surface area (Å²) in [5.74, 6) is 0. The molecule has 0 spiro atoms. The highest BCUT2D eigenvalue weighted by molar-refractivity contribution is 7.20. The normalized spacial score (nSPS) is 11.6. The van der Waals surface area contributed by atoms with Crippen molar-refractivity contribution in [1.29, 1.82) is 0 Å². The maximum atomic E-state index is 11.6. The van der Waals surface area contributed by atoms with Gasteiger partial charge in [-0.25, -0.2) is 4.79 Å². The Morgan fingerprint density at radius 3 is 2.50 bits per heavy atom. The minimum absolute atomic E-state index is 0.270. The van der Waals surface area contributed by atoms with Crippen LogP contribution in [0.2, 0.25) is 0 Å². The summed E-state index contributed by atoms with van der Waals surface area (Å²) >= 11 is 1.71. The molecule has 0 radical (unpaired) electrons. The molecule has 1 aromatic carbocycles. The summed E-state index contributed by atoms with van der Waals surface area (Å²) in [5, 5.41) is 2.28. The van der Waals surface area contributed by atoms with Crippen molar-refractivity contribution in [3.05, 3.63) is 44.1 Å². The predicted molar refractivity (Wildman–Crippen MR) is 76.8 cm³/mol. The Labute approximate surface area is 109 Å². The van der Waals surface area contributed by atoms with Gasteiger partial charge in [-0.2, -0.15) is 0 Å². The maximum absolute atomic E-state index is 11.6. The fraction of sp³-hybridized carbons (Fsp3) is 0.267. The average Bonchev–Trinajstić information content (AvgIpc) is 2.59. The van der Waals surface area contributed by atoms with E-state index in [0.717, 1.165) is 21.2 Å². The van der Waals surface area contributed by atoms with Crippen molar-refractivity contribution >= 4 is 32.4 Å². The van der Waals surface area contributed by atoms with Crippen LogP contribution in [-0.4, -0.2) is 0 Å². The molecule has 0 aliphatic heterocycles. The third kappa shape index (κ3) is 1.44. The van der Waals surface area contributed by atoms with Gasteiger partial charge in [-0.05, 0) is 50.5 Å². The van der Waals surface area contributed by atoms with E-state index in [2.05, 4.69) is 26.8 Å². The minimum atomic E-state index is -0.270. The third-order valence-corrected chi connectivity index (χ3v) is 4.76. The Hall–Kier alpha value is -1.61. The highest BCUT2D eigenvalue weighted by atomic mass is 32.1. The van der Waals surface area contributed by atoms with Crippen molar-refractivity contribution in [2.45, 2.75) is 27.7 Å². The van der Waals surface area contributed by atoms with E-state index in [1.807, 2.05) is 6.92 Å². The van der Waals surface area contributed by atoms with Gasteiger partial charge >= 0.3 is 5.63 Å². The lowest BCUT2D eigenvalue weighted by Crippen LogP contribution is -1.98. The number of aryl methyl sites for hydroxylation is 4. The van der Waals surface area contributed by atoms with Crippen LogP contribution in [0.4, 0.5) is 0 Å². The van der Waals surface area contributed by atoms with Gasteiger partial charge < -0.3 is 4.42 Å². The summed E-state index contributed by atoms with van der Waals surface area (Å²) in [7, 11) is 0. The minimum Gasteiger partial charge on any atom is -0.421 e. The second-order valence-electron chi connectivity index (χ2n) is 4.81. The molecule has 18 heavy (non-hydrogen) atoms. The summed E-state index contributed by atoms with van der Waals surface area (Å²) in [5.41, 5.74) is 3.99. The van der Waals surface area contributed by atoms with Gasteiger partial charge in [0.05, 0.1) is 4.70 Å². The Morgan fingerprint density at radius 1 is 1.06 bits per heavy atom. The van der Waals surface area contributed by atoms with Gasteiger partial charge in [0.2, 0.25) is 0 Å². The molecule has 2 aromatic heterocycles. The molecule has 0 saturated heterocycles. The van der Waals surface area contributed by atoms with Gasteiger partial charge in [0.25, 0.3) is 0 Å². The predicted octanol–water partition coefficient (Wildman–Crippen LogP) is 4.24. The number of benzene rings is 1. The summed E-state index contributed by atoms with van der Waals surface area (Å²) in [6, 6.07) is 3.68. The van der Waals surface area contributed by atoms with Crippen LogP contribution >= 0.6 is 11.3 Å². The van der Waals surface area contributed by atoms with Crippen LogP contribution < -0.4 is 5.63 Å². The lowest BCUT2D eigenvalue weighted by atomic mass is 10.0. The molecule has 0 atom stereocenters. The smallest absolute Gasteiger partial charge is 0.336 e. The van der Waals surface area contributed by atoms with Crippen LogP contribution in [0.1, 0.15) is 21.6 Å². The fourth-order valence-electron chi connectivity index (χ4n) is 2.52. The van der Waals surface area contributed by atoms with Gasteiger partial charge in [-0.15, -0.1) is 11.3 Å². The van der Waals surface area contributed by atoms with E-state index in [1.54, 1.807) is 17.4 Å². The Kier molecular flexibility index (Phi) is 2.35. The van der Waals surface area contributed by atoms with Crippen molar-refractivity contribution < 1.29 is 4.42 Å². The molecule has 0 bridgehead atoms. The first-order valence-electron chi connectivity index (χ1n) is 5.93. The van der Waals surface area contributed by atoms with Crippen LogP contribution in [0.3, 0.4) is 0 Å². The molecule has 3 heteroatoms. The summed E-state index contributed by atoms with van der Waals surface area (Å²) < 4.78 is 6.53. The monoisotopic (exact) mass is 258 g/mol. The second kappa shape index (κ2) is 3.69. The molecule has 0 unspecified atom stereocenters. The van der Waals surface area contributed by atoms with Gasteiger partial charge in [0.15, 0.2) is 5.58 Å². The van der Waals surface area contributed by atoms with Crippen molar-refractivity contribution in [3.8, 4) is 0 Å². The Bertz CT molecular complexity index is 837. The summed E-state index contributed by atoms with van der Waals surface area (Å²) in [6.07, 6.45) is 0. The van der Waals surface area contributed by atoms with Crippen molar-refractivity contribution in [3.63, 3.8) is 0 Å². The molecule has 3 rings (SSSR count). The van der Waals surface area contributed by atoms with E-state index in [4.69, 9.17) is 4.42 Å². The van der Waals surface area contributed by atoms with E-state index < -0.39 is 0 Å². The van der Waals surface area contributed by atoms with E-state index in [0.29, 0.717) is 0 Å². The molecule has 0 fully saturated rings. The second-order valence-corrected chi connectivity index (χ2v) is 6.03. The molecular formula is C15H14O2S. The van der Waals surface area contributed by atoms with Gasteiger partial charge in [0, 0.05) is 21.7 Å². The maximum Gasteiger partial charge on any atom is 0.336 e. The van der Waals surface area contributed by atoms with Gasteiger partial charge in [-0.1, -0.05) is 0 Å². The molecule has 0 amide bonds. The first-order chi connectivity index (χ1) is 8.49. The van der Waals surface area contributed by atoms with Crippen LogP contribution in [0.5, 0.6) is 0 Å². The zero-order valence-corrected chi connectivity index (χ0v) is 11.7. The Morgan fingerprint density at radius 2 is 1.78 bits per heavy atom. The van der Waals surface area contributed by atoms with Crippen LogP contribution in [0.25, 0.3) is 21.1 Å². The molecule has 0 saturated carbocycles. The highest BCUT2D eigenvalue weighted by Crippen LogP contribution is 2.38. The summed E-state index contributed by atoms with van der Waals surface area (Å²) in [6.45, 7) is 8.31. The third-order valence-electron chi connectivity index (χ3n) is 3.55. The first kappa shape index (κ1) is 11.5. The lowest BCUT2D eigenvalue weighted by molar-refractivity contribution is 0.563. The van der Waals surface area contributed by atoms with E-state index in [1.165, 1.54) is 21.4 Å². The van der Waals surface area contributed by atoms with Crippen molar-refractivity contribution in [2.24, 2.45) is 0 Å². The molecule has 92 valence electrons. The first-order valence-corrected chi connectivity index (χ1v) is 6.74. The lowest BCUT2D eigenvalue weighted by Gasteiger charge is -2.05. The SMILES string of the molecule is Cc1sc2c(c(C)cc3c(C)cc(=O)oc32)c1C. The van der Waals surface area contributed by atoms with E-state index >= 15 is 0 Å². The molecule has 0 aliphatic carbocycles. The standard InChI is InChI=1S/C15H14O2S/c1-7-6-12(16)17-14-11(7)5-8(2)13-9(3)10(4)18-15(13)14/h5-6H,1-4H3. The molecular weight excluding hydrogens is 244 g/mol. The van der Waals surface area contributed by atoms with Crippen molar-refractivity contribution in [1.82, 2.24) is 0 Å². The van der Waals surface area contributed by atoms with Crippen LogP contribution in [-0.2, 0) is 0 Å². The van der Waals surface area contributed by atoms with E-state index in [9.17, 15) is 4.79 Å². The summed E-state index contributed by atoms with van der Waals surface area (Å²) in [4.78, 5) is 12.8. The number of hydrogen-bond donors (Lipinski definition) is 0. The molecule has 2 nitrogen and oxygen atoms in total. The Balaban J connectivity index is 2.69.